The first kappa shape index (κ1) is 6.01. The molecule has 0 radical (unpaired) electrons. The molecular formula is C5H12N2O. The molecule has 4 N–H and O–H groups in total. The van der Waals surface area contributed by atoms with Crippen molar-refractivity contribution in [2.45, 2.75) is 6.04 Å². The molecule has 1 saturated heterocycles. The molecule has 3 nitrogen and oxygen atoms in total. The van der Waals surface area contributed by atoms with Crippen molar-refractivity contribution in [2.24, 2.45) is 17.4 Å². The Morgan fingerprint density at radius 1 is 1.62 bits per heavy atom. The van der Waals surface area contributed by atoms with E-state index in [1.54, 1.807) is 0 Å². The minimum absolute atomic E-state index is 0.156. The third-order valence-electron chi connectivity index (χ3n) is 1.54. The van der Waals surface area contributed by atoms with Crippen LogP contribution >= 0.6 is 0 Å². The SMILES string of the molecule is NC[C@H](N)C1COC1. The maximum atomic E-state index is 5.57. The van der Waals surface area contributed by atoms with E-state index in [4.69, 9.17) is 16.2 Å². The highest BCUT2D eigenvalue weighted by molar-refractivity contribution is 4.77. The van der Waals surface area contributed by atoms with Crippen LogP contribution in [0.5, 0.6) is 0 Å². The minimum atomic E-state index is 0.156. The van der Waals surface area contributed by atoms with E-state index >= 15 is 0 Å². The van der Waals surface area contributed by atoms with Crippen LogP contribution in [0.3, 0.4) is 0 Å². The summed E-state index contributed by atoms with van der Waals surface area (Å²) in [5.74, 6) is 0.528. The third kappa shape index (κ3) is 0.992. The van der Waals surface area contributed by atoms with E-state index in [0.717, 1.165) is 13.2 Å². The summed E-state index contributed by atoms with van der Waals surface area (Å²) < 4.78 is 4.92. The smallest absolute Gasteiger partial charge is 0.0531 e. The Morgan fingerprint density at radius 2 is 2.25 bits per heavy atom. The standard InChI is InChI=1S/C5H12N2O/c6-1-5(7)4-2-8-3-4/h4-5H,1-3,6-7H2/t5-/m0/s1. The second kappa shape index (κ2) is 2.44. The highest BCUT2D eigenvalue weighted by Crippen LogP contribution is 2.11. The first-order chi connectivity index (χ1) is 3.84. The van der Waals surface area contributed by atoms with Gasteiger partial charge in [-0.2, -0.15) is 0 Å². The Morgan fingerprint density at radius 3 is 2.38 bits per heavy atom. The molecule has 0 aliphatic carbocycles. The molecule has 0 aromatic rings. The fraction of sp³-hybridized carbons (Fsp3) is 1.00. The van der Waals surface area contributed by atoms with Crippen molar-refractivity contribution in [2.75, 3.05) is 19.8 Å². The average molecular weight is 116 g/mol. The van der Waals surface area contributed by atoms with Gasteiger partial charge in [-0.15, -0.1) is 0 Å². The predicted molar refractivity (Wildman–Crippen MR) is 31.3 cm³/mol. The van der Waals surface area contributed by atoms with Gasteiger partial charge in [-0.05, 0) is 0 Å². The molecule has 48 valence electrons. The topological polar surface area (TPSA) is 61.3 Å². The Hall–Kier alpha value is -0.120. The summed E-state index contributed by atoms with van der Waals surface area (Å²) in [6.45, 7) is 2.19. The molecule has 3 heteroatoms. The summed E-state index contributed by atoms with van der Waals surface area (Å²) in [6, 6.07) is 0.156. The van der Waals surface area contributed by atoms with Crippen LogP contribution < -0.4 is 11.5 Å². The van der Waals surface area contributed by atoms with Crippen LogP contribution in [0.15, 0.2) is 0 Å². The lowest BCUT2D eigenvalue weighted by Crippen LogP contribution is -2.47. The molecule has 0 amide bonds. The molecule has 0 unspecified atom stereocenters. The average Bonchev–Trinajstić information content (AvgIpc) is 1.62. The van der Waals surface area contributed by atoms with Gasteiger partial charge in [0.15, 0.2) is 0 Å². The Balaban J connectivity index is 2.13. The van der Waals surface area contributed by atoms with Gasteiger partial charge in [0.25, 0.3) is 0 Å². The second-order valence-corrected chi connectivity index (χ2v) is 2.20. The van der Waals surface area contributed by atoms with Crippen molar-refractivity contribution in [3.63, 3.8) is 0 Å². The maximum absolute atomic E-state index is 5.57. The molecule has 8 heavy (non-hydrogen) atoms. The first-order valence-corrected chi connectivity index (χ1v) is 2.88. The zero-order chi connectivity index (χ0) is 5.98. The molecule has 0 bridgehead atoms. The zero-order valence-electron chi connectivity index (χ0n) is 4.84. The van der Waals surface area contributed by atoms with Gasteiger partial charge in [0, 0.05) is 18.5 Å². The van der Waals surface area contributed by atoms with Crippen molar-refractivity contribution in [1.82, 2.24) is 0 Å². The summed E-state index contributed by atoms with van der Waals surface area (Å²) in [6.07, 6.45) is 0. The van der Waals surface area contributed by atoms with E-state index < -0.39 is 0 Å². The fourth-order valence-corrected chi connectivity index (χ4v) is 0.694. The van der Waals surface area contributed by atoms with E-state index in [0.29, 0.717) is 12.5 Å². The summed E-state index contributed by atoms with van der Waals surface area (Å²) >= 11 is 0. The molecule has 0 aromatic heterocycles. The number of rotatable bonds is 2. The summed E-state index contributed by atoms with van der Waals surface area (Å²) in [7, 11) is 0. The zero-order valence-corrected chi connectivity index (χ0v) is 4.84. The van der Waals surface area contributed by atoms with Crippen LogP contribution in [0.1, 0.15) is 0 Å². The summed E-state index contributed by atoms with van der Waals surface area (Å²) in [5, 5.41) is 0. The Kier molecular flexibility index (Phi) is 1.83. The van der Waals surface area contributed by atoms with Crippen LogP contribution in [0.4, 0.5) is 0 Å². The molecule has 1 heterocycles. The van der Waals surface area contributed by atoms with Crippen LogP contribution in [0.2, 0.25) is 0 Å². The van der Waals surface area contributed by atoms with Crippen molar-refractivity contribution in [1.29, 1.82) is 0 Å². The van der Waals surface area contributed by atoms with Gasteiger partial charge in [-0.25, -0.2) is 0 Å². The largest absolute Gasteiger partial charge is 0.381 e. The van der Waals surface area contributed by atoms with Gasteiger partial charge in [0.2, 0.25) is 0 Å². The molecule has 1 fully saturated rings. The van der Waals surface area contributed by atoms with E-state index in [9.17, 15) is 0 Å². The van der Waals surface area contributed by atoms with Gasteiger partial charge in [-0.1, -0.05) is 0 Å². The molecule has 1 atom stereocenters. The summed E-state index contributed by atoms with van der Waals surface area (Å²) in [5.41, 5.74) is 10.9. The van der Waals surface area contributed by atoms with Gasteiger partial charge in [0.05, 0.1) is 13.2 Å². The molecule has 0 spiro atoms. The van der Waals surface area contributed by atoms with Gasteiger partial charge >= 0.3 is 0 Å². The quantitative estimate of drug-likeness (QED) is 0.482. The monoisotopic (exact) mass is 116 g/mol. The lowest BCUT2D eigenvalue weighted by atomic mass is 9.99. The van der Waals surface area contributed by atoms with Crippen LogP contribution in [0.25, 0.3) is 0 Å². The molecular weight excluding hydrogens is 104 g/mol. The number of nitrogens with two attached hydrogens (primary N) is 2. The van der Waals surface area contributed by atoms with Crippen molar-refractivity contribution < 1.29 is 4.74 Å². The Bertz CT molecular complexity index is 70.1. The third-order valence-corrected chi connectivity index (χ3v) is 1.54. The fourth-order valence-electron chi connectivity index (χ4n) is 0.694. The minimum Gasteiger partial charge on any atom is -0.381 e. The van der Waals surface area contributed by atoms with E-state index in [1.807, 2.05) is 0 Å². The maximum Gasteiger partial charge on any atom is 0.0531 e. The van der Waals surface area contributed by atoms with E-state index in [2.05, 4.69) is 0 Å². The van der Waals surface area contributed by atoms with Crippen LogP contribution in [0, 0.1) is 5.92 Å². The molecule has 1 rings (SSSR count). The van der Waals surface area contributed by atoms with Gasteiger partial charge in [-0.3, -0.25) is 0 Å². The molecule has 0 saturated carbocycles. The second-order valence-electron chi connectivity index (χ2n) is 2.20. The van der Waals surface area contributed by atoms with Crippen LogP contribution in [-0.4, -0.2) is 25.8 Å². The van der Waals surface area contributed by atoms with Gasteiger partial charge in [0.1, 0.15) is 0 Å². The number of hydrogen-bond acceptors (Lipinski definition) is 3. The highest BCUT2D eigenvalue weighted by atomic mass is 16.5. The normalized spacial score (nSPS) is 24.8. The van der Waals surface area contributed by atoms with Crippen LogP contribution in [-0.2, 0) is 4.74 Å². The van der Waals surface area contributed by atoms with Crippen molar-refractivity contribution in [3.05, 3.63) is 0 Å². The number of ether oxygens (including phenoxy) is 1. The van der Waals surface area contributed by atoms with E-state index in [1.165, 1.54) is 0 Å². The lowest BCUT2D eigenvalue weighted by Gasteiger charge is -2.30. The molecule has 0 aromatic carbocycles. The molecule has 1 aliphatic heterocycles. The van der Waals surface area contributed by atoms with Crippen molar-refractivity contribution >= 4 is 0 Å². The Labute approximate surface area is 49.0 Å². The predicted octanol–water partition coefficient (Wildman–Crippen LogP) is -1.08. The molecule has 1 aliphatic rings. The number of hydrogen-bond donors (Lipinski definition) is 2. The van der Waals surface area contributed by atoms with E-state index in [-0.39, 0.29) is 6.04 Å². The summed E-state index contributed by atoms with van der Waals surface area (Å²) in [4.78, 5) is 0. The lowest BCUT2D eigenvalue weighted by molar-refractivity contribution is -0.0421. The highest BCUT2D eigenvalue weighted by Gasteiger charge is 2.23. The van der Waals surface area contributed by atoms with Crippen molar-refractivity contribution in [3.8, 4) is 0 Å². The first-order valence-electron chi connectivity index (χ1n) is 2.88. The van der Waals surface area contributed by atoms with Gasteiger partial charge < -0.3 is 16.2 Å².